The van der Waals surface area contributed by atoms with Crippen molar-refractivity contribution in [1.29, 1.82) is 0 Å². The van der Waals surface area contributed by atoms with E-state index in [0.29, 0.717) is 6.42 Å². The largest absolute Gasteiger partial charge is 0.481 e. The molecule has 0 bridgehead atoms. The Hall–Kier alpha value is -0.613. The molecule has 0 rings (SSSR count). The van der Waals surface area contributed by atoms with Crippen LogP contribution in [-0.4, -0.2) is 20.8 Å². The van der Waals surface area contributed by atoms with Crippen LogP contribution in [0.1, 0.15) is 90.4 Å². The predicted octanol–water partition coefficient (Wildman–Crippen LogP) is 4.55. The SMILES string of the molecule is CCC(CCCCC/C=C\CCCCCCCC(=O)O)[SiH2]N. The third-order valence-electron chi connectivity index (χ3n) is 4.32. The number of hydrogen-bond donors (Lipinski definition) is 2. The number of nitrogens with two attached hydrogens (primary N) is 1. The van der Waals surface area contributed by atoms with Crippen molar-refractivity contribution in [3.8, 4) is 0 Å². The normalized spacial score (nSPS) is 13.4. The summed E-state index contributed by atoms with van der Waals surface area (Å²) in [5, 5.41) is 14.4. The van der Waals surface area contributed by atoms with Gasteiger partial charge in [0.05, 0.1) is 9.68 Å². The summed E-state index contributed by atoms with van der Waals surface area (Å²) >= 11 is 0. The number of unbranched alkanes of at least 4 members (excludes halogenated alkanes) is 8. The average Bonchev–Trinajstić information content (AvgIpc) is 2.51. The zero-order valence-electron chi connectivity index (χ0n) is 14.6. The van der Waals surface area contributed by atoms with Gasteiger partial charge in [0.1, 0.15) is 0 Å². The molecule has 0 saturated heterocycles. The van der Waals surface area contributed by atoms with E-state index >= 15 is 0 Å². The maximum absolute atomic E-state index is 10.4. The van der Waals surface area contributed by atoms with Gasteiger partial charge in [0, 0.05) is 6.42 Å². The fraction of sp³-hybridized carbons (Fsp3) is 0.833. The molecule has 22 heavy (non-hydrogen) atoms. The smallest absolute Gasteiger partial charge is 0.303 e. The van der Waals surface area contributed by atoms with Crippen molar-refractivity contribution < 1.29 is 9.90 Å². The van der Waals surface area contributed by atoms with Crippen LogP contribution in [0.2, 0.25) is 5.54 Å². The predicted molar refractivity (Wildman–Crippen MR) is 99.0 cm³/mol. The summed E-state index contributed by atoms with van der Waals surface area (Å²) in [6.07, 6.45) is 19.5. The molecular weight excluding hydrogens is 290 g/mol. The zero-order chi connectivity index (χ0) is 16.5. The second-order valence-corrected chi connectivity index (χ2v) is 7.95. The Morgan fingerprint density at radius 1 is 1.00 bits per heavy atom. The highest BCUT2D eigenvalue weighted by Gasteiger charge is 2.02. The van der Waals surface area contributed by atoms with Crippen LogP contribution < -0.4 is 5.40 Å². The lowest BCUT2D eigenvalue weighted by Crippen LogP contribution is -2.12. The highest BCUT2D eigenvalue weighted by atomic mass is 28.2. The van der Waals surface area contributed by atoms with Crippen LogP contribution in [0, 0.1) is 0 Å². The molecule has 0 aromatic carbocycles. The van der Waals surface area contributed by atoms with Gasteiger partial charge in [-0.2, -0.15) is 0 Å². The van der Waals surface area contributed by atoms with Crippen LogP contribution in [0.25, 0.3) is 0 Å². The molecule has 4 heteroatoms. The molecule has 0 heterocycles. The van der Waals surface area contributed by atoms with Gasteiger partial charge >= 0.3 is 5.97 Å². The number of rotatable bonds is 16. The Bertz CT molecular complexity index is 278. The topological polar surface area (TPSA) is 63.3 Å². The lowest BCUT2D eigenvalue weighted by Gasteiger charge is -2.10. The van der Waals surface area contributed by atoms with Crippen LogP contribution in [0.5, 0.6) is 0 Å². The minimum atomic E-state index is -0.668. The Kier molecular flexibility index (Phi) is 16.3. The third kappa shape index (κ3) is 15.8. The molecule has 0 aliphatic carbocycles. The van der Waals surface area contributed by atoms with Gasteiger partial charge in [0.15, 0.2) is 0 Å². The monoisotopic (exact) mass is 327 g/mol. The molecule has 0 spiro atoms. The first-order valence-electron chi connectivity index (χ1n) is 9.27. The molecular formula is C18H37NO2Si. The minimum Gasteiger partial charge on any atom is -0.481 e. The van der Waals surface area contributed by atoms with Gasteiger partial charge in [-0.3, -0.25) is 4.79 Å². The van der Waals surface area contributed by atoms with E-state index in [-0.39, 0.29) is 9.68 Å². The third-order valence-corrected chi connectivity index (χ3v) is 5.97. The van der Waals surface area contributed by atoms with Crippen molar-refractivity contribution in [2.24, 2.45) is 5.40 Å². The number of carboxylic acid groups (broad SMARTS) is 1. The van der Waals surface area contributed by atoms with E-state index in [9.17, 15) is 4.79 Å². The summed E-state index contributed by atoms with van der Waals surface area (Å²) in [6, 6.07) is 0. The standard InChI is InChI=1S/C18H37NO2Si/c1-2-17(22-19)15-13-11-9-7-5-3-4-6-8-10-12-14-16-18(20)21/h3,5,17H,2,4,6-16,19,22H2,1H3,(H,20,21)/b5-3-. The summed E-state index contributed by atoms with van der Waals surface area (Å²) in [6.45, 7) is 2.26. The van der Waals surface area contributed by atoms with Crippen LogP contribution >= 0.6 is 0 Å². The van der Waals surface area contributed by atoms with Crippen LogP contribution in [-0.2, 0) is 4.79 Å². The molecule has 0 aliphatic heterocycles. The van der Waals surface area contributed by atoms with Gasteiger partial charge in [-0.05, 0) is 37.6 Å². The van der Waals surface area contributed by atoms with Gasteiger partial charge in [-0.15, -0.1) is 0 Å². The van der Waals surface area contributed by atoms with Crippen LogP contribution in [0.15, 0.2) is 12.2 Å². The number of allylic oxidation sites excluding steroid dienone is 2. The quantitative estimate of drug-likeness (QED) is 0.248. The number of aliphatic carboxylic acids is 1. The zero-order valence-corrected chi connectivity index (χ0v) is 16.0. The van der Waals surface area contributed by atoms with Gasteiger partial charge < -0.3 is 10.5 Å². The first kappa shape index (κ1) is 21.4. The maximum Gasteiger partial charge on any atom is 0.303 e. The molecule has 1 atom stereocenters. The summed E-state index contributed by atoms with van der Waals surface area (Å²) in [7, 11) is -0.281. The summed E-state index contributed by atoms with van der Waals surface area (Å²) in [4.78, 5) is 10.4. The minimum absolute atomic E-state index is 0.281. The van der Waals surface area contributed by atoms with E-state index < -0.39 is 5.97 Å². The summed E-state index contributed by atoms with van der Waals surface area (Å²) in [5.41, 5.74) is 0.867. The van der Waals surface area contributed by atoms with Gasteiger partial charge in [-0.25, -0.2) is 0 Å². The van der Waals surface area contributed by atoms with Crippen molar-refractivity contribution in [1.82, 2.24) is 0 Å². The fourth-order valence-corrected chi connectivity index (χ4v) is 3.52. The lowest BCUT2D eigenvalue weighted by atomic mass is 10.1. The molecule has 1 unspecified atom stereocenters. The molecule has 3 N–H and O–H groups in total. The molecule has 0 aliphatic rings. The number of carbonyl (C=O) groups is 1. The Balaban J connectivity index is 3.19. The van der Waals surface area contributed by atoms with E-state index in [0.717, 1.165) is 18.4 Å². The molecule has 3 nitrogen and oxygen atoms in total. The first-order chi connectivity index (χ1) is 10.7. The molecule has 130 valence electrons. The Morgan fingerprint density at radius 3 is 2.09 bits per heavy atom. The van der Waals surface area contributed by atoms with Gasteiger partial charge in [0.2, 0.25) is 0 Å². The summed E-state index contributed by atoms with van der Waals surface area (Å²) in [5.74, 6) is -0.668. The highest BCUT2D eigenvalue weighted by molar-refractivity contribution is 6.33. The molecule has 0 aromatic heterocycles. The molecule has 0 aromatic rings. The van der Waals surface area contributed by atoms with Crippen molar-refractivity contribution in [2.45, 2.75) is 95.9 Å². The van der Waals surface area contributed by atoms with E-state index in [1.165, 1.54) is 64.2 Å². The first-order valence-corrected chi connectivity index (χ1v) is 10.9. The molecule has 0 fully saturated rings. The summed E-state index contributed by atoms with van der Waals surface area (Å²) < 4.78 is 0. The molecule has 0 saturated carbocycles. The van der Waals surface area contributed by atoms with Crippen molar-refractivity contribution in [3.63, 3.8) is 0 Å². The maximum atomic E-state index is 10.4. The van der Waals surface area contributed by atoms with E-state index in [1.54, 1.807) is 0 Å². The van der Waals surface area contributed by atoms with E-state index in [4.69, 9.17) is 10.5 Å². The van der Waals surface area contributed by atoms with Gasteiger partial charge in [-0.1, -0.05) is 64.0 Å². The average molecular weight is 328 g/mol. The van der Waals surface area contributed by atoms with Crippen LogP contribution in [0.4, 0.5) is 0 Å². The van der Waals surface area contributed by atoms with E-state index in [2.05, 4.69) is 19.1 Å². The second kappa shape index (κ2) is 16.8. The van der Waals surface area contributed by atoms with Crippen molar-refractivity contribution in [2.75, 3.05) is 0 Å². The van der Waals surface area contributed by atoms with E-state index in [1.807, 2.05) is 0 Å². The fourth-order valence-electron chi connectivity index (χ4n) is 2.67. The molecule has 0 amide bonds. The molecule has 0 radical (unpaired) electrons. The number of hydrogen-bond acceptors (Lipinski definition) is 2. The Labute approximate surface area is 139 Å². The van der Waals surface area contributed by atoms with Crippen molar-refractivity contribution in [3.05, 3.63) is 12.2 Å². The lowest BCUT2D eigenvalue weighted by molar-refractivity contribution is -0.137. The number of carboxylic acids is 1. The second-order valence-electron chi connectivity index (χ2n) is 6.32. The van der Waals surface area contributed by atoms with Crippen LogP contribution in [0.3, 0.4) is 0 Å². The van der Waals surface area contributed by atoms with Crippen molar-refractivity contribution >= 4 is 15.7 Å². The Morgan fingerprint density at radius 2 is 1.55 bits per heavy atom. The van der Waals surface area contributed by atoms with Gasteiger partial charge in [0.25, 0.3) is 0 Å². The highest BCUT2D eigenvalue weighted by Crippen LogP contribution is 2.17.